The van der Waals surface area contributed by atoms with Crippen LogP contribution in [0.2, 0.25) is 5.02 Å². The molecule has 0 radical (unpaired) electrons. The highest BCUT2D eigenvalue weighted by molar-refractivity contribution is 6.30. The molecule has 0 saturated heterocycles. The van der Waals surface area contributed by atoms with Crippen molar-refractivity contribution in [1.29, 1.82) is 0 Å². The zero-order valence-corrected chi connectivity index (χ0v) is 15.5. The van der Waals surface area contributed by atoms with Gasteiger partial charge in [-0.15, -0.1) is 10.2 Å². The fourth-order valence-electron chi connectivity index (χ4n) is 2.55. The summed E-state index contributed by atoms with van der Waals surface area (Å²) >= 11 is 5.88. The van der Waals surface area contributed by atoms with Crippen LogP contribution in [0.15, 0.2) is 48.5 Å². The van der Waals surface area contributed by atoms with E-state index in [0.717, 1.165) is 16.9 Å². The highest BCUT2D eigenvalue weighted by Gasteiger charge is 2.13. The van der Waals surface area contributed by atoms with Crippen LogP contribution in [-0.4, -0.2) is 38.0 Å². The maximum atomic E-state index is 10.2. The van der Waals surface area contributed by atoms with Crippen molar-refractivity contribution >= 4 is 11.6 Å². The van der Waals surface area contributed by atoms with E-state index in [0.29, 0.717) is 16.8 Å². The summed E-state index contributed by atoms with van der Waals surface area (Å²) in [6.45, 7) is 4.57. The standard InChI is InChI=1S/C19H21ClN4O2/c1-13(2)17-5-3-4-6-18(17)26-12-16(25)11-24-22-19(21-23-24)14-7-9-15(20)10-8-14/h3-10,13,16,25H,11-12H2,1-2H3. The van der Waals surface area contributed by atoms with Crippen molar-refractivity contribution in [3.8, 4) is 17.1 Å². The molecule has 0 aliphatic heterocycles. The van der Waals surface area contributed by atoms with Gasteiger partial charge in [-0.3, -0.25) is 0 Å². The number of benzene rings is 2. The van der Waals surface area contributed by atoms with Gasteiger partial charge in [0.1, 0.15) is 18.5 Å². The van der Waals surface area contributed by atoms with Crippen LogP contribution in [-0.2, 0) is 6.54 Å². The number of halogens is 1. The minimum Gasteiger partial charge on any atom is -0.491 e. The van der Waals surface area contributed by atoms with E-state index in [2.05, 4.69) is 29.3 Å². The summed E-state index contributed by atoms with van der Waals surface area (Å²) < 4.78 is 5.78. The quantitative estimate of drug-likeness (QED) is 0.686. The first kappa shape index (κ1) is 18.4. The van der Waals surface area contributed by atoms with Gasteiger partial charge in [-0.25, -0.2) is 0 Å². The van der Waals surface area contributed by atoms with Crippen LogP contribution in [0.1, 0.15) is 25.3 Å². The van der Waals surface area contributed by atoms with Crippen molar-refractivity contribution in [3.05, 3.63) is 59.1 Å². The molecule has 0 saturated carbocycles. The van der Waals surface area contributed by atoms with Crippen LogP contribution >= 0.6 is 11.6 Å². The van der Waals surface area contributed by atoms with Crippen LogP contribution < -0.4 is 4.74 Å². The average Bonchev–Trinajstić information content (AvgIpc) is 3.09. The number of hydrogen-bond acceptors (Lipinski definition) is 5. The van der Waals surface area contributed by atoms with Gasteiger partial charge in [0.25, 0.3) is 0 Å². The Morgan fingerprint density at radius 1 is 1.12 bits per heavy atom. The fraction of sp³-hybridized carbons (Fsp3) is 0.316. The highest BCUT2D eigenvalue weighted by atomic mass is 35.5. The summed E-state index contributed by atoms with van der Waals surface area (Å²) in [5, 5.41) is 23.2. The van der Waals surface area contributed by atoms with Crippen molar-refractivity contribution in [2.24, 2.45) is 0 Å². The Hall–Kier alpha value is -2.44. The Bertz CT molecular complexity index is 849. The van der Waals surface area contributed by atoms with Gasteiger partial charge < -0.3 is 9.84 Å². The summed E-state index contributed by atoms with van der Waals surface area (Å²) in [5.41, 5.74) is 1.93. The smallest absolute Gasteiger partial charge is 0.204 e. The van der Waals surface area contributed by atoms with Crippen molar-refractivity contribution in [2.45, 2.75) is 32.4 Å². The van der Waals surface area contributed by atoms with Gasteiger partial charge in [0.15, 0.2) is 0 Å². The zero-order valence-electron chi connectivity index (χ0n) is 14.7. The van der Waals surface area contributed by atoms with E-state index >= 15 is 0 Å². The lowest BCUT2D eigenvalue weighted by Crippen LogP contribution is -2.25. The Morgan fingerprint density at radius 3 is 2.58 bits per heavy atom. The molecule has 1 heterocycles. The minimum atomic E-state index is -0.748. The molecule has 7 heteroatoms. The molecule has 26 heavy (non-hydrogen) atoms. The van der Waals surface area contributed by atoms with Gasteiger partial charge in [-0.05, 0) is 47.0 Å². The summed E-state index contributed by atoms with van der Waals surface area (Å²) in [6.07, 6.45) is -0.748. The van der Waals surface area contributed by atoms with Gasteiger partial charge in [0.05, 0.1) is 6.54 Å². The Kier molecular flexibility index (Phi) is 5.85. The van der Waals surface area contributed by atoms with Crippen LogP contribution in [0.25, 0.3) is 11.4 Å². The predicted molar refractivity (Wildman–Crippen MR) is 100 cm³/mol. The predicted octanol–water partition coefficient (Wildman–Crippen LogP) is 3.56. The average molecular weight is 373 g/mol. The van der Waals surface area contributed by atoms with Crippen LogP contribution in [0, 0.1) is 0 Å². The summed E-state index contributed by atoms with van der Waals surface area (Å²) in [4.78, 5) is 1.37. The van der Waals surface area contributed by atoms with E-state index in [9.17, 15) is 5.11 Å². The maximum absolute atomic E-state index is 10.2. The van der Waals surface area contributed by atoms with Crippen molar-refractivity contribution < 1.29 is 9.84 Å². The normalized spacial score (nSPS) is 12.3. The monoisotopic (exact) mass is 372 g/mol. The molecular formula is C19H21ClN4O2. The lowest BCUT2D eigenvalue weighted by atomic mass is 10.0. The van der Waals surface area contributed by atoms with Gasteiger partial charge in [-0.1, -0.05) is 43.6 Å². The molecule has 1 N–H and O–H groups in total. The second-order valence-electron chi connectivity index (χ2n) is 6.33. The lowest BCUT2D eigenvalue weighted by Gasteiger charge is -2.16. The van der Waals surface area contributed by atoms with E-state index in [4.69, 9.17) is 16.3 Å². The van der Waals surface area contributed by atoms with Crippen molar-refractivity contribution in [3.63, 3.8) is 0 Å². The summed E-state index contributed by atoms with van der Waals surface area (Å²) in [6, 6.07) is 15.0. The fourth-order valence-corrected chi connectivity index (χ4v) is 2.68. The number of hydrogen-bond donors (Lipinski definition) is 1. The van der Waals surface area contributed by atoms with Gasteiger partial charge in [0, 0.05) is 10.6 Å². The number of ether oxygens (including phenoxy) is 1. The third-order valence-electron chi connectivity index (χ3n) is 3.90. The van der Waals surface area contributed by atoms with E-state index in [1.165, 1.54) is 4.80 Å². The Balaban J connectivity index is 1.59. The third-order valence-corrected chi connectivity index (χ3v) is 4.15. The molecule has 3 aromatic rings. The van der Waals surface area contributed by atoms with Crippen LogP contribution in [0.3, 0.4) is 0 Å². The molecule has 2 aromatic carbocycles. The number of para-hydroxylation sites is 1. The SMILES string of the molecule is CC(C)c1ccccc1OCC(O)Cn1nnc(-c2ccc(Cl)cc2)n1. The lowest BCUT2D eigenvalue weighted by molar-refractivity contribution is 0.0844. The first-order valence-corrected chi connectivity index (χ1v) is 8.84. The molecule has 3 rings (SSSR count). The number of aliphatic hydroxyl groups is 1. The highest BCUT2D eigenvalue weighted by Crippen LogP contribution is 2.26. The first-order chi connectivity index (χ1) is 12.5. The van der Waals surface area contributed by atoms with E-state index in [1.54, 1.807) is 12.1 Å². The number of aromatic nitrogens is 4. The van der Waals surface area contributed by atoms with Gasteiger partial charge in [-0.2, -0.15) is 4.80 Å². The molecule has 0 aliphatic carbocycles. The zero-order chi connectivity index (χ0) is 18.5. The minimum absolute atomic E-state index is 0.154. The molecule has 1 aromatic heterocycles. The molecular weight excluding hydrogens is 352 g/mol. The van der Waals surface area contributed by atoms with Crippen LogP contribution in [0.5, 0.6) is 5.75 Å². The summed E-state index contributed by atoms with van der Waals surface area (Å²) in [7, 11) is 0. The van der Waals surface area contributed by atoms with E-state index in [-0.39, 0.29) is 13.2 Å². The van der Waals surface area contributed by atoms with Gasteiger partial charge >= 0.3 is 0 Å². The van der Waals surface area contributed by atoms with Crippen molar-refractivity contribution in [2.75, 3.05) is 6.61 Å². The topological polar surface area (TPSA) is 73.1 Å². The Labute approximate surface area is 157 Å². The Morgan fingerprint density at radius 2 is 1.85 bits per heavy atom. The van der Waals surface area contributed by atoms with Crippen LogP contribution in [0.4, 0.5) is 0 Å². The van der Waals surface area contributed by atoms with E-state index in [1.807, 2.05) is 36.4 Å². The molecule has 1 atom stereocenters. The van der Waals surface area contributed by atoms with E-state index < -0.39 is 6.10 Å². The molecule has 0 bridgehead atoms. The third kappa shape index (κ3) is 4.59. The van der Waals surface area contributed by atoms with Crippen molar-refractivity contribution in [1.82, 2.24) is 20.2 Å². The molecule has 6 nitrogen and oxygen atoms in total. The molecule has 0 spiro atoms. The maximum Gasteiger partial charge on any atom is 0.204 e. The number of aliphatic hydroxyl groups excluding tert-OH is 1. The second kappa shape index (κ2) is 8.29. The molecule has 0 aliphatic rings. The first-order valence-electron chi connectivity index (χ1n) is 8.46. The second-order valence-corrected chi connectivity index (χ2v) is 6.77. The molecule has 0 fully saturated rings. The number of tetrazole rings is 1. The number of nitrogens with zero attached hydrogens (tertiary/aromatic N) is 4. The van der Waals surface area contributed by atoms with Gasteiger partial charge in [0.2, 0.25) is 5.82 Å². The largest absolute Gasteiger partial charge is 0.491 e. The molecule has 0 amide bonds. The number of rotatable bonds is 7. The molecule has 1 unspecified atom stereocenters. The molecule has 136 valence electrons. The summed E-state index contributed by atoms with van der Waals surface area (Å²) in [5.74, 6) is 1.62.